The minimum Gasteiger partial charge on any atom is -0.481 e. The average Bonchev–Trinajstić information content (AvgIpc) is 2.75. The van der Waals surface area contributed by atoms with Crippen LogP contribution in [0.1, 0.15) is 39.3 Å². The third kappa shape index (κ3) is 8.64. The van der Waals surface area contributed by atoms with Crippen molar-refractivity contribution in [3.8, 4) is 5.88 Å². The van der Waals surface area contributed by atoms with E-state index in [1.807, 2.05) is 18.2 Å². The van der Waals surface area contributed by atoms with Crippen molar-refractivity contribution in [1.82, 2.24) is 20.5 Å². The number of methoxy groups -OCH3 is 1. The van der Waals surface area contributed by atoms with Crippen molar-refractivity contribution in [2.24, 2.45) is 10.9 Å². The lowest BCUT2D eigenvalue weighted by molar-refractivity contribution is 0.00272. The van der Waals surface area contributed by atoms with Gasteiger partial charge in [0.25, 0.3) is 0 Å². The summed E-state index contributed by atoms with van der Waals surface area (Å²) in [6.07, 6.45) is 2.36. The van der Waals surface area contributed by atoms with Crippen LogP contribution in [-0.2, 0) is 11.3 Å². The lowest BCUT2D eigenvalue weighted by atomic mass is 9.92. The Morgan fingerprint density at radius 3 is 2.55 bits per heavy atom. The zero-order valence-electron chi connectivity index (χ0n) is 18.3. The maximum Gasteiger partial charge on any atom is 0.213 e. The summed E-state index contributed by atoms with van der Waals surface area (Å²) in [6, 6.07) is 6.24. The third-order valence-electron chi connectivity index (χ3n) is 5.32. The van der Waals surface area contributed by atoms with Crippen molar-refractivity contribution in [1.29, 1.82) is 0 Å². The van der Waals surface area contributed by atoms with Crippen LogP contribution in [0.4, 0.5) is 0 Å². The maximum absolute atomic E-state index is 5.55. The van der Waals surface area contributed by atoms with Crippen LogP contribution in [0.2, 0.25) is 0 Å². The summed E-state index contributed by atoms with van der Waals surface area (Å²) in [5, 5.41) is 6.91. The number of nitrogens with zero attached hydrogens (tertiary/aromatic N) is 3. The monoisotopic (exact) mass is 519 g/mol. The number of halogens is 1. The van der Waals surface area contributed by atoms with Crippen LogP contribution in [0, 0.1) is 5.92 Å². The fraction of sp³-hybridized carbons (Fsp3) is 0.714. The molecule has 8 heteroatoms. The van der Waals surface area contributed by atoms with Crippen LogP contribution in [0.15, 0.2) is 23.2 Å². The van der Waals surface area contributed by atoms with Gasteiger partial charge in [-0.2, -0.15) is 0 Å². The normalized spacial score (nSPS) is 16.2. The summed E-state index contributed by atoms with van der Waals surface area (Å²) in [4.78, 5) is 11.7. The van der Waals surface area contributed by atoms with Gasteiger partial charge in [-0.25, -0.2) is 9.98 Å². The summed E-state index contributed by atoms with van der Waals surface area (Å²) in [5.41, 5.74) is 0.890. The summed E-state index contributed by atoms with van der Waals surface area (Å²) in [6.45, 7) is 12.5. The zero-order valence-corrected chi connectivity index (χ0v) is 20.6. The average molecular weight is 519 g/mol. The number of hydrogen-bond donors (Lipinski definition) is 2. The lowest BCUT2D eigenvalue weighted by Gasteiger charge is -2.39. The molecule has 1 saturated heterocycles. The van der Waals surface area contributed by atoms with E-state index in [-0.39, 0.29) is 24.0 Å². The van der Waals surface area contributed by atoms with Crippen LogP contribution < -0.4 is 15.4 Å². The molecule has 0 spiro atoms. The summed E-state index contributed by atoms with van der Waals surface area (Å²) in [7, 11) is 1.63. The van der Waals surface area contributed by atoms with E-state index in [9.17, 15) is 0 Å². The summed E-state index contributed by atoms with van der Waals surface area (Å²) < 4.78 is 10.8. The van der Waals surface area contributed by atoms with E-state index in [1.165, 1.54) is 12.8 Å². The van der Waals surface area contributed by atoms with Gasteiger partial charge in [0.05, 0.1) is 32.6 Å². The lowest BCUT2D eigenvalue weighted by Crippen LogP contribution is -2.53. The van der Waals surface area contributed by atoms with Gasteiger partial charge in [-0.15, -0.1) is 24.0 Å². The van der Waals surface area contributed by atoms with Crippen molar-refractivity contribution < 1.29 is 9.47 Å². The molecule has 2 N–H and O–H groups in total. The molecular formula is C21H38IN5O2. The second-order valence-electron chi connectivity index (χ2n) is 7.04. The Balaban J connectivity index is 0.00000420. The molecule has 166 valence electrons. The molecule has 0 aromatic carbocycles. The second-order valence-corrected chi connectivity index (χ2v) is 7.04. The van der Waals surface area contributed by atoms with Crippen LogP contribution in [0.5, 0.6) is 5.88 Å². The molecule has 2 heterocycles. The molecule has 1 aromatic heterocycles. The Bertz CT molecular complexity index is 592. The highest BCUT2D eigenvalue weighted by Gasteiger charge is 2.27. The Kier molecular flexibility index (Phi) is 13.2. The number of nitrogens with one attached hydrogen (secondary N) is 2. The summed E-state index contributed by atoms with van der Waals surface area (Å²) >= 11 is 0. The molecule has 1 aliphatic heterocycles. The highest BCUT2D eigenvalue weighted by Crippen LogP contribution is 2.19. The van der Waals surface area contributed by atoms with Gasteiger partial charge in [0.1, 0.15) is 0 Å². The van der Waals surface area contributed by atoms with E-state index in [4.69, 9.17) is 14.5 Å². The molecule has 0 amide bonds. The first-order chi connectivity index (χ1) is 13.7. The molecule has 0 saturated carbocycles. The van der Waals surface area contributed by atoms with Crippen molar-refractivity contribution in [2.75, 3.05) is 46.5 Å². The quantitative estimate of drug-likeness (QED) is 0.282. The van der Waals surface area contributed by atoms with E-state index in [0.717, 1.165) is 51.0 Å². The molecule has 1 fully saturated rings. The number of hydrogen-bond acceptors (Lipinski definition) is 5. The molecule has 2 rings (SSSR count). The van der Waals surface area contributed by atoms with Crippen LogP contribution in [0.25, 0.3) is 0 Å². The number of morpholine rings is 1. The smallest absolute Gasteiger partial charge is 0.213 e. The van der Waals surface area contributed by atoms with Gasteiger partial charge >= 0.3 is 0 Å². The van der Waals surface area contributed by atoms with Gasteiger partial charge in [-0.1, -0.05) is 32.8 Å². The molecule has 7 nitrogen and oxygen atoms in total. The predicted molar refractivity (Wildman–Crippen MR) is 129 cm³/mol. The standard InChI is InChI=1S/C21H37N5O2.HI/c1-5-17(6-2)19(26-11-13-28-14-12-26)16-24-21(22-7-3)23-15-18-9-8-10-20(25-18)27-4;/h8-10,17,19H,5-7,11-16H2,1-4H3,(H2,22,23,24);1H. The van der Waals surface area contributed by atoms with Crippen molar-refractivity contribution >= 4 is 29.9 Å². The van der Waals surface area contributed by atoms with Gasteiger partial charge < -0.3 is 20.1 Å². The number of rotatable bonds is 10. The molecule has 1 aliphatic rings. The first-order valence-corrected chi connectivity index (χ1v) is 10.6. The molecule has 0 aliphatic carbocycles. The molecule has 0 bridgehead atoms. The molecular weight excluding hydrogens is 481 g/mol. The van der Waals surface area contributed by atoms with Gasteiger partial charge in [-0.3, -0.25) is 4.90 Å². The van der Waals surface area contributed by atoms with Gasteiger partial charge in [0.2, 0.25) is 5.88 Å². The highest BCUT2D eigenvalue weighted by atomic mass is 127. The third-order valence-corrected chi connectivity index (χ3v) is 5.32. The topological polar surface area (TPSA) is 71.0 Å². The number of guanidine groups is 1. The Hall–Kier alpha value is -1.13. The van der Waals surface area contributed by atoms with Crippen LogP contribution >= 0.6 is 24.0 Å². The number of pyridine rings is 1. The van der Waals surface area contributed by atoms with E-state index in [0.29, 0.717) is 24.4 Å². The fourth-order valence-corrected chi connectivity index (χ4v) is 3.70. The minimum absolute atomic E-state index is 0. The predicted octanol–water partition coefficient (Wildman–Crippen LogP) is 2.90. The second kappa shape index (κ2) is 14.8. The molecule has 1 atom stereocenters. The number of aromatic nitrogens is 1. The van der Waals surface area contributed by atoms with E-state index in [2.05, 4.69) is 41.3 Å². The number of aliphatic imine (C=N–C) groups is 1. The van der Waals surface area contributed by atoms with E-state index < -0.39 is 0 Å². The number of ether oxygens (including phenoxy) is 2. The molecule has 1 aromatic rings. The molecule has 0 radical (unpaired) electrons. The SMILES string of the molecule is CCNC(=NCc1cccc(OC)n1)NCC(C(CC)CC)N1CCOCC1.I. The Labute approximate surface area is 193 Å². The largest absolute Gasteiger partial charge is 0.481 e. The van der Waals surface area contributed by atoms with E-state index >= 15 is 0 Å². The van der Waals surface area contributed by atoms with Gasteiger partial charge in [-0.05, 0) is 18.9 Å². The minimum atomic E-state index is 0. The first-order valence-electron chi connectivity index (χ1n) is 10.6. The van der Waals surface area contributed by atoms with Gasteiger partial charge in [0, 0.05) is 38.3 Å². The van der Waals surface area contributed by atoms with Crippen molar-refractivity contribution in [3.05, 3.63) is 23.9 Å². The molecule has 1 unspecified atom stereocenters. The maximum atomic E-state index is 5.55. The van der Waals surface area contributed by atoms with Crippen molar-refractivity contribution in [3.63, 3.8) is 0 Å². The van der Waals surface area contributed by atoms with Crippen LogP contribution in [0.3, 0.4) is 0 Å². The van der Waals surface area contributed by atoms with E-state index in [1.54, 1.807) is 7.11 Å². The first kappa shape index (κ1) is 25.9. The fourth-order valence-electron chi connectivity index (χ4n) is 3.70. The Morgan fingerprint density at radius 1 is 1.21 bits per heavy atom. The van der Waals surface area contributed by atoms with Gasteiger partial charge in [0.15, 0.2) is 5.96 Å². The Morgan fingerprint density at radius 2 is 1.93 bits per heavy atom. The highest BCUT2D eigenvalue weighted by molar-refractivity contribution is 14.0. The molecule has 29 heavy (non-hydrogen) atoms. The summed E-state index contributed by atoms with van der Waals surface area (Å²) in [5.74, 6) is 2.11. The van der Waals surface area contributed by atoms with Crippen LogP contribution in [-0.4, -0.2) is 68.4 Å². The van der Waals surface area contributed by atoms with Crippen molar-refractivity contribution in [2.45, 2.75) is 46.2 Å². The zero-order chi connectivity index (χ0) is 20.2.